The zero-order valence-corrected chi connectivity index (χ0v) is 13.0. The maximum absolute atomic E-state index is 12.2. The topological polar surface area (TPSA) is 61.8 Å². The van der Waals surface area contributed by atoms with E-state index in [1.807, 2.05) is 6.07 Å². The average Bonchev–Trinajstić information content (AvgIpc) is 2.47. The molecule has 0 aliphatic carbocycles. The molecule has 1 atom stereocenters. The van der Waals surface area contributed by atoms with E-state index in [0.29, 0.717) is 12.2 Å². The summed E-state index contributed by atoms with van der Waals surface area (Å²) in [6, 6.07) is 5.28. The number of urea groups is 1. The molecule has 110 valence electrons. The predicted molar refractivity (Wildman–Crippen MR) is 81.1 cm³/mol. The zero-order valence-electron chi connectivity index (χ0n) is 11.4. The molecule has 1 aromatic carbocycles. The number of likely N-dealkylation sites (tertiary alicyclic amines) is 1. The predicted octanol–water partition coefficient (Wildman–Crippen LogP) is 2.69. The second-order valence-corrected chi connectivity index (χ2v) is 5.77. The number of piperidine rings is 1. The largest absolute Gasteiger partial charge is 0.496 e. The van der Waals surface area contributed by atoms with Gasteiger partial charge in [0, 0.05) is 25.4 Å². The molecule has 0 unspecified atom stereocenters. The van der Waals surface area contributed by atoms with Crippen LogP contribution in [0.4, 0.5) is 10.5 Å². The number of anilines is 1. The summed E-state index contributed by atoms with van der Waals surface area (Å²) in [6.45, 7) is 1.48. The van der Waals surface area contributed by atoms with E-state index in [1.54, 1.807) is 24.1 Å². The van der Waals surface area contributed by atoms with Gasteiger partial charge < -0.3 is 20.1 Å². The van der Waals surface area contributed by atoms with Gasteiger partial charge in [0.25, 0.3) is 0 Å². The van der Waals surface area contributed by atoms with Gasteiger partial charge in [-0.1, -0.05) is 0 Å². The Morgan fingerprint density at radius 2 is 2.40 bits per heavy atom. The van der Waals surface area contributed by atoms with Crippen LogP contribution in [0.2, 0.25) is 0 Å². The number of rotatable bonds is 3. The highest BCUT2D eigenvalue weighted by Gasteiger charge is 2.23. The lowest BCUT2D eigenvalue weighted by Crippen LogP contribution is -2.43. The zero-order chi connectivity index (χ0) is 14.5. The lowest BCUT2D eigenvalue weighted by Gasteiger charge is -2.31. The van der Waals surface area contributed by atoms with E-state index in [4.69, 9.17) is 4.74 Å². The van der Waals surface area contributed by atoms with E-state index in [-0.39, 0.29) is 18.6 Å². The number of benzene rings is 1. The third-order valence-corrected chi connectivity index (χ3v) is 4.09. The fraction of sp³-hybridized carbons (Fsp3) is 0.500. The molecule has 5 nitrogen and oxygen atoms in total. The Kier molecular flexibility index (Phi) is 5.25. The summed E-state index contributed by atoms with van der Waals surface area (Å²) in [4.78, 5) is 13.9. The van der Waals surface area contributed by atoms with E-state index >= 15 is 0 Å². The van der Waals surface area contributed by atoms with Crippen LogP contribution in [0.1, 0.15) is 12.8 Å². The first-order valence-corrected chi connectivity index (χ1v) is 7.43. The molecule has 1 heterocycles. The van der Waals surface area contributed by atoms with Gasteiger partial charge in [0.2, 0.25) is 0 Å². The minimum absolute atomic E-state index is 0.125. The van der Waals surface area contributed by atoms with Crippen LogP contribution in [-0.2, 0) is 0 Å². The summed E-state index contributed by atoms with van der Waals surface area (Å²) in [5.74, 6) is 0.915. The van der Waals surface area contributed by atoms with Gasteiger partial charge in [-0.3, -0.25) is 0 Å². The number of hydrogen-bond donors (Lipinski definition) is 2. The maximum Gasteiger partial charge on any atom is 0.321 e. The normalized spacial score (nSPS) is 18.8. The smallest absolute Gasteiger partial charge is 0.321 e. The Bertz CT molecular complexity index is 481. The van der Waals surface area contributed by atoms with Gasteiger partial charge in [-0.15, -0.1) is 0 Å². The number of methoxy groups -OCH3 is 1. The van der Waals surface area contributed by atoms with Crippen LogP contribution >= 0.6 is 15.9 Å². The molecule has 0 radical (unpaired) electrons. The molecular weight excluding hydrogens is 324 g/mol. The molecule has 1 aliphatic heterocycles. The lowest BCUT2D eigenvalue weighted by molar-refractivity contribution is 0.136. The summed E-state index contributed by atoms with van der Waals surface area (Å²) in [5, 5.41) is 12.1. The number of aliphatic hydroxyl groups excluding tert-OH is 1. The fourth-order valence-electron chi connectivity index (χ4n) is 2.35. The Hall–Kier alpha value is -1.27. The Morgan fingerprint density at radius 3 is 3.05 bits per heavy atom. The van der Waals surface area contributed by atoms with Gasteiger partial charge in [-0.25, -0.2) is 4.79 Å². The lowest BCUT2D eigenvalue weighted by atomic mass is 9.99. The van der Waals surface area contributed by atoms with Crippen molar-refractivity contribution >= 4 is 27.6 Å². The van der Waals surface area contributed by atoms with Gasteiger partial charge in [-0.05, 0) is 52.9 Å². The molecule has 2 rings (SSSR count). The molecule has 0 bridgehead atoms. The van der Waals surface area contributed by atoms with Crippen molar-refractivity contribution in [2.75, 3.05) is 32.1 Å². The van der Waals surface area contributed by atoms with Crippen molar-refractivity contribution in [3.8, 4) is 5.75 Å². The number of nitrogens with one attached hydrogen (secondary N) is 1. The van der Waals surface area contributed by atoms with Crippen molar-refractivity contribution in [3.05, 3.63) is 22.7 Å². The van der Waals surface area contributed by atoms with E-state index in [0.717, 1.165) is 29.6 Å². The molecule has 0 saturated carbocycles. The third-order valence-electron chi connectivity index (χ3n) is 3.47. The molecule has 6 heteroatoms. The summed E-state index contributed by atoms with van der Waals surface area (Å²) < 4.78 is 5.95. The minimum Gasteiger partial charge on any atom is -0.496 e. The number of halogens is 1. The Balaban J connectivity index is 1.98. The first-order valence-electron chi connectivity index (χ1n) is 6.64. The van der Waals surface area contributed by atoms with Crippen LogP contribution in [0.5, 0.6) is 5.75 Å². The van der Waals surface area contributed by atoms with Gasteiger partial charge in [0.05, 0.1) is 11.6 Å². The number of aliphatic hydroxyl groups is 1. The first kappa shape index (κ1) is 15.1. The van der Waals surface area contributed by atoms with Crippen LogP contribution in [0.3, 0.4) is 0 Å². The van der Waals surface area contributed by atoms with Gasteiger partial charge in [0.1, 0.15) is 5.75 Å². The van der Waals surface area contributed by atoms with Crippen molar-refractivity contribution in [2.24, 2.45) is 5.92 Å². The summed E-state index contributed by atoms with van der Waals surface area (Å²) in [7, 11) is 1.60. The molecule has 0 spiro atoms. The van der Waals surface area contributed by atoms with Crippen molar-refractivity contribution in [3.63, 3.8) is 0 Å². The number of hydrogen-bond acceptors (Lipinski definition) is 3. The van der Waals surface area contributed by atoms with Crippen LogP contribution in [0.15, 0.2) is 22.7 Å². The van der Waals surface area contributed by atoms with Crippen LogP contribution in [-0.4, -0.2) is 42.8 Å². The first-order chi connectivity index (χ1) is 9.63. The fourth-order valence-corrected chi connectivity index (χ4v) is 2.89. The average molecular weight is 343 g/mol. The van der Waals surface area contributed by atoms with Crippen LogP contribution in [0.25, 0.3) is 0 Å². The quantitative estimate of drug-likeness (QED) is 0.887. The van der Waals surface area contributed by atoms with E-state index in [1.165, 1.54) is 0 Å². The van der Waals surface area contributed by atoms with Crippen molar-refractivity contribution in [2.45, 2.75) is 12.8 Å². The van der Waals surface area contributed by atoms with Crippen LogP contribution in [0, 0.1) is 5.92 Å². The second kappa shape index (κ2) is 6.95. The summed E-state index contributed by atoms with van der Waals surface area (Å²) in [5.41, 5.74) is 0.716. The maximum atomic E-state index is 12.2. The van der Waals surface area contributed by atoms with Gasteiger partial charge in [0.15, 0.2) is 0 Å². The summed E-state index contributed by atoms with van der Waals surface area (Å²) in [6.07, 6.45) is 1.92. The number of carbonyl (C=O) groups is 1. The highest BCUT2D eigenvalue weighted by atomic mass is 79.9. The number of nitrogens with zero attached hydrogens (tertiary/aromatic N) is 1. The second-order valence-electron chi connectivity index (χ2n) is 4.92. The monoisotopic (exact) mass is 342 g/mol. The molecule has 0 aromatic heterocycles. The number of ether oxygens (including phenoxy) is 1. The number of amides is 2. The van der Waals surface area contributed by atoms with Gasteiger partial charge >= 0.3 is 6.03 Å². The SMILES string of the molecule is COc1ccc(NC(=O)N2CCC[C@H](CO)C2)cc1Br. The highest BCUT2D eigenvalue weighted by Crippen LogP contribution is 2.28. The van der Waals surface area contributed by atoms with Crippen molar-refractivity contribution < 1.29 is 14.6 Å². The molecule has 1 fully saturated rings. The molecular formula is C14H19BrN2O3. The van der Waals surface area contributed by atoms with E-state index in [9.17, 15) is 9.90 Å². The Labute approximate surface area is 127 Å². The standard InChI is InChI=1S/C14H19BrN2O3/c1-20-13-5-4-11(7-12(13)15)16-14(19)17-6-2-3-10(8-17)9-18/h4-5,7,10,18H,2-3,6,8-9H2,1H3,(H,16,19)/t10-/m0/s1. The molecule has 2 N–H and O–H groups in total. The van der Waals surface area contributed by atoms with Crippen LogP contribution < -0.4 is 10.1 Å². The Morgan fingerprint density at radius 1 is 1.60 bits per heavy atom. The molecule has 1 aromatic rings. The number of carbonyl (C=O) groups excluding carboxylic acids is 1. The van der Waals surface area contributed by atoms with Gasteiger partial charge in [-0.2, -0.15) is 0 Å². The third kappa shape index (κ3) is 3.64. The van der Waals surface area contributed by atoms with Crippen molar-refractivity contribution in [1.29, 1.82) is 0 Å². The van der Waals surface area contributed by atoms with E-state index < -0.39 is 0 Å². The van der Waals surface area contributed by atoms with E-state index in [2.05, 4.69) is 21.2 Å². The molecule has 1 aliphatic rings. The molecule has 20 heavy (non-hydrogen) atoms. The minimum atomic E-state index is -0.125. The highest BCUT2D eigenvalue weighted by molar-refractivity contribution is 9.10. The van der Waals surface area contributed by atoms with Crippen molar-refractivity contribution in [1.82, 2.24) is 4.90 Å². The molecule has 2 amide bonds. The summed E-state index contributed by atoms with van der Waals surface area (Å²) >= 11 is 3.39. The molecule has 1 saturated heterocycles.